The molecule has 0 unspecified atom stereocenters. The highest BCUT2D eigenvalue weighted by Gasteiger charge is 2.13. The second-order valence-corrected chi connectivity index (χ2v) is 8.22. The lowest BCUT2D eigenvalue weighted by molar-refractivity contribution is 1.04. The number of H-pyrrole nitrogens is 2. The Balaban J connectivity index is 1.45. The highest BCUT2D eigenvalue weighted by Crippen LogP contribution is 2.32. The third-order valence-electron chi connectivity index (χ3n) is 6.25. The Morgan fingerprint density at radius 3 is 2.68 bits per heavy atom. The molecule has 0 aliphatic heterocycles. The molecular formula is C27H22N4. The fraction of sp³-hybridized carbons (Fsp3) is 0.111. The van der Waals surface area contributed by atoms with E-state index in [-0.39, 0.29) is 0 Å². The van der Waals surface area contributed by atoms with Gasteiger partial charge in [0.05, 0.1) is 16.6 Å². The van der Waals surface area contributed by atoms with Gasteiger partial charge in [0, 0.05) is 40.7 Å². The Kier molecular flexibility index (Phi) is 3.93. The molecule has 0 fully saturated rings. The molecule has 6 rings (SSSR count). The van der Waals surface area contributed by atoms with Gasteiger partial charge in [0.2, 0.25) is 0 Å². The number of hydrogen-bond donors (Lipinski definition) is 2. The number of aryl methyl sites for hydroxylation is 2. The summed E-state index contributed by atoms with van der Waals surface area (Å²) in [5, 5.41) is 2.45. The molecule has 3 aromatic heterocycles. The predicted octanol–water partition coefficient (Wildman–Crippen LogP) is 6.47. The van der Waals surface area contributed by atoms with E-state index in [0.717, 1.165) is 28.8 Å². The summed E-state index contributed by atoms with van der Waals surface area (Å²) in [5.41, 5.74) is 10.4. The Morgan fingerprint density at radius 2 is 1.77 bits per heavy atom. The van der Waals surface area contributed by atoms with E-state index >= 15 is 0 Å². The molecule has 0 saturated carbocycles. The van der Waals surface area contributed by atoms with Crippen molar-refractivity contribution in [3.63, 3.8) is 0 Å². The minimum absolute atomic E-state index is 0.728. The highest BCUT2D eigenvalue weighted by molar-refractivity contribution is 5.93. The van der Waals surface area contributed by atoms with Gasteiger partial charge in [-0.2, -0.15) is 0 Å². The summed E-state index contributed by atoms with van der Waals surface area (Å²) in [5.74, 6) is 0.964. The molecule has 0 aliphatic carbocycles. The number of rotatable bonds is 3. The maximum absolute atomic E-state index is 4.91. The van der Waals surface area contributed by atoms with Crippen LogP contribution in [0.2, 0.25) is 0 Å². The number of pyridine rings is 1. The van der Waals surface area contributed by atoms with Crippen LogP contribution in [0.5, 0.6) is 0 Å². The zero-order chi connectivity index (χ0) is 20.9. The van der Waals surface area contributed by atoms with Crippen LogP contribution in [0, 0.1) is 13.8 Å². The van der Waals surface area contributed by atoms with Gasteiger partial charge in [-0.1, -0.05) is 36.4 Å². The van der Waals surface area contributed by atoms with Crippen LogP contribution in [0.15, 0.2) is 73.1 Å². The molecule has 0 radical (unpaired) electrons. The maximum Gasteiger partial charge on any atom is 0.111 e. The first-order valence-electron chi connectivity index (χ1n) is 10.6. The van der Waals surface area contributed by atoms with Crippen LogP contribution in [-0.4, -0.2) is 19.9 Å². The topological polar surface area (TPSA) is 57.4 Å². The third-order valence-corrected chi connectivity index (χ3v) is 6.25. The smallest absolute Gasteiger partial charge is 0.111 e. The SMILES string of the molecule is Cc1c[nH]c2ccc(-c3cnc4c(Cc5nc6ccccc6[nH]5)cccc4c3C)cc12. The molecule has 0 aliphatic rings. The van der Waals surface area contributed by atoms with Crippen molar-refractivity contribution in [2.75, 3.05) is 0 Å². The van der Waals surface area contributed by atoms with Crippen LogP contribution >= 0.6 is 0 Å². The van der Waals surface area contributed by atoms with Crippen LogP contribution < -0.4 is 0 Å². The fourth-order valence-corrected chi connectivity index (χ4v) is 4.55. The number of aromatic nitrogens is 4. The summed E-state index contributed by atoms with van der Waals surface area (Å²) in [6.45, 7) is 4.33. The van der Waals surface area contributed by atoms with Gasteiger partial charge in [0.25, 0.3) is 0 Å². The van der Waals surface area contributed by atoms with E-state index < -0.39 is 0 Å². The largest absolute Gasteiger partial charge is 0.361 e. The van der Waals surface area contributed by atoms with Gasteiger partial charge in [-0.25, -0.2) is 4.98 Å². The van der Waals surface area contributed by atoms with Crippen molar-refractivity contribution in [3.05, 3.63) is 95.6 Å². The molecule has 4 heteroatoms. The van der Waals surface area contributed by atoms with Gasteiger partial charge in [0.1, 0.15) is 5.82 Å². The normalized spacial score (nSPS) is 11.7. The van der Waals surface area contributed by atoms with Crippen molar-refractivity contribution in [3.8, 4) is 11.1 Å². The number of imidazole rings is 1. The molecule has 0 saturated heterocycles. The average molecular weight is 403 g/mol. The maximum atomic E-state index is 4.91. The minimum Gasteiger partial charge on any atom is -0.361 e. The van der Waals surface area contributed by atoms with Crippen LogP contribution in [0.4, 0.5) is 0 Å². The molecule has 0 spiro atoms. The lowest BCUT2D eigenvalue weighted by Gasteiger charge is -2.12. The number of nitrogens with zero attached hydrogens (tertiary/aromatic N) is 2. The number of benzene rings is 3. The first-order valence-corrected chi connectivity index (χ1v) is 10.6. The van der Waals surface area contributed by atoms with E-state index in [1.165, 1.54) is 44.1 Å². The van der Waals surface area contributed by atoms with E-state index in [2.05, 4.69) is 72.5 Å². The van der Waals surface area contributed by atoms with E-state index in [1.807, 2.05) is 24.4 Å². The van der Waals surface area contributed by atoms with Crippen LogP contribution in [0.1, 0.15) is 22.5 Å². The summed E-state index contributed by atoms with van der Waals surface area (Å²) in [4.78, 5) is 16.4. The molecule has 0 bridgehead atoms. The Labute approximate surface area is 180 Å². The molecule has 31 heavy (non-hydrogen) atoms. The number of fused-ring (bicyclic) bond motifs is 3. The third kappa shape index (κ3) is 2.91. The van der Waals surface area contributed by atoms with Gasteiger partial charge in [-0.05, 0) is 60.4 Å². The number of aromatic amines is 2. The molecule has 6 aromatic rings. The van der Waals surface area contributed by atoms with Gasteiger partial charge in [0.15, 0.2) is 0 Å². The monoisotopic (exact) mass is 402 g/mol. The Hall–Kier alpha value is -3.92. The zero-order valence-electron chi connectivity index (χ0n) is 17.5. The second-order valence-electron chi connectivity index (χ2n) is 8.22. The molecule has 3 heterocycles. The van der Waals surface area contributed by atoms with Crippen LogP contribution in [0.3, 0.4) is 0 Å². The lowest BCUT2D eigenvalue weighted by atomic mass is 9.96. The standard InChI is InChI=1S/C27H22N4/c1-16-14-28-23-11-10-18(12-21(16)23)22-15-29-27-19(6-5-7-20(27)17(22)2)13-26-30-24-8-3-4-9-25(24)31-26/h3-12,14-15,28H,13H2,1-2H3,(H,30,31). The Morgan fingerprint density at radius 1 is 0.871 bits per heavy atom. The minimum atomic E-state index is 0.728. The van der Waals surface area contributed by atoms with Gasteiger partial charge >= 0.3 is 0 Å². The van der Waals surface area contributed by atoms with E-state index in [1.54, 1.807) is 0 Å². The molecule has 2 N–H and O–H groups in total. The molecule has 150 valence electrons. The predicted molar refractivity (Wildman–Crippen MR) is 127 cm³/mol. The molecule has 0 atom stereocenters. The average Bonchev–Trinajstić information content (AvgIpc) is 3.37. The van der Waals surface area contributed by atoms with Gasteiger partial charge in [-0.15, -0.1) is 0 Å². The summed E-state index contributed by atoms with van der Waals surface area (Å²) in [6.07, 6.45) is 4.81. The summed E-state index contributed by atoms with van der Waals surface area (Å²) >= 11 is 0. The summed E-state index contributed by atoms with van der Waals surface area (Å²) in [7, 11) is 0. The molecular weight excluding hydrogens is 380 g/mol. The molecule has 4 nitrogen and oxygen atoms in total. The van der Waals surface area contributed by atoms with Gasteiger partial charge < -0.3 is 9.97 Å². The number of hydrogen-bond acceptors (Lipinski definition) is 2. The Bertz CT molecular complexity index is 1550. The van der Waals surface area contributed by atoms with Crippen molar-refractivity contribution >= 4 is 32.8 Å². The van der Waals surface area contributed by atoms with Crippen molar-refractivity contribution in [1.29, 1.82) is 0 Å². The van der Waals surface area contributed by atoms with Crippen LogP contribution in [0.25, 0.3) is 44.0 Å². The van der Waals surface area contributed by atoms with E-state index in [0.29, 0.717) is 0 Å². The summed E-state index contributed by atoms with van der Waals surface area (Å²) < 4.78 is 0. The van der Waals surface area contributed by atoms with Crippen molar-refractivity contribution in [2.45, 2.75) is 20.3 Å². The van der Waals surface area contributed by atoms with E-state index in [9.17, 15) is 0 Å². The lowest BCUT2D eigenvalue weighted by Crippen LogP contribution is -1.96. The van der Waals surface area contributed by atoms with Crippen LogP contribution in [-0.2, 0) is 6.42 Å². The van der Waals surface area contributed by atoms with Crippen molar-refractivity contribution < 1.29 is 0 Å². The van der Waals surface area contributed by atoms with E-state index in [4.69, 9.17) is 9.97 Å². The highest BCUT2D eigenvalue weighted by atomic mass is 14.9. The van der Waals surface area contributed by atoms with Crippen molar-refractivity contribution in [1.82, 2.24) is 19.9 Å². The van der Waals surface area contributed by atoms with Gasteiger partial charge in [-0.3, -0.25) is 4.98 Å². The zero-order valence-corrected chi connectivity index (χ0v) is 17.5. The first-order chi connectivity index (χ1) is 15.2. The summed E-state index contributed by atoms with van der Waals surface area (Å²) in [6, 6.07) is 21.2. The fourth-order valence-electron chi connectivity index (χ4n) is 4.55. The molecule has 0 amide bonds. The number of para-hydroxylation sites is 3. The second kappa shape index (κ2) is 6.81. The molecule has 3 aromatic carbocycles. The van der Waals surface area contributed by atoms with Crippen molar-refractivity contribution in [2.24, 2.45) is 0 Å². The number of nitrogens with one attached hydrogen (secondary N) is 2. The quantitative estimate of drug-likeness (QED) is 0.356. The first kappa shape index (κ1) is 17.9.